The Labute approximate surface area is 193 Å². The topological polar surface area (TPSA) is 68.6 Å². The summed E-state index contributed by atoms with van der Waals surface area (Å²) in [6, 6.07) is 18.4. The molecule has 3 aromatic rings. The monoisotopic (exact) mass is 444 g/mol. The molecule has 1 unspecified atom stereocenters. The SMILES string of the molecule is Cn1nc(-c2ccccc2)cc1[C@H]1CN2CC[C@H]1C[C@@H]2CNC(=O)c1ccc2c(c1)OCO2. The van der Waals surface area contributed by atoms with Gasteiger partial charge >= 0.3 is 0 Å². The van der Waals surface area contributed by atoms with Crippen LogP contribution in [0.3, 0.4) is 0 Å². The van der Waals surface area contributed by atoms with Gasteiger partial charge in [0.15, 0.2) is 11.5 Å². The number of piperidine rings is 3. The second kappa shape index (κ2) is 8.23. The van der Waals surface area contributed by atoms with E-state index >= 15 is 0 Å². The van der Waals surface area contributed by atoms with Crippen LogP contribution in [0.4, 0.5) is 0 Å². The normalized spacial score (nSPS) is 25.2. The Kier molecular flexibility index (Phi) is 5.06. The lowest BCUT2D eigenvalue weighted by Gasteiger charge is -2.50. The summed E-state index contributed by atoms with van der Waals surface area (Å²) in [6.07, 6.45) is 2.29. The van der Waals surface area contributed by atoms with E-state index in [1.807, 2.05) is 6.07 Å². The molecule has 3 saturated heterocycles. The maximum Gasteiger partial charge on any atom is 0.251 e. The number of rotatable bonds is 5. The van der Waals surface area contributed by atoms with Gasteiger partial charge in [-0.3, -0.25) is 14.4 Å². The molecule has 7 rings (SSSR count). The molecular weight excluding hydrogens is 416 g/mol. The third-order valence-electron chi connectivity index (χ3n) is 7.38. The van der Waals surface area contributed by atoms with Crippen molar-refractivity contribution in [2.45, 2.75) is 24.8 Å². The Morgan fingerprint density at radius 2 is 1.97 bits per heavy atom. The number of aryl methyl sites for hydroxylation is 1. The molecule has 170 valence electrons. The maximum atomic E-state index is 12.7. The molecule has 0 aliphatic carbocycles. The van der Waals surface area contributed by atoms with Crippen molar-refractivity contribution in [1.82, 2.24) is 20.0 Å². The van der Waals surface area contributed by atoms with Gasteiger partial charge in [-0.25, -0.2) is 0 Å². The fourth-order valence-corrected chi connectivity index (χ4v) is 5.61. The summed E-state index contributed by atoms with van der Waals surface area (Å²) in [7, 11) is 2.06. The molecule has 0 spiro atoms. The van der Waals surface area contributed by atoms with Gasteiger partial charge in [0.25, 0.3) is 5.91 Å². The number of carbonyl (C=O) groups excluding carboxylic acids is 1. The smallest absolute Gasteiger partial charge is 0.251 e. The molecule has 1 amide bonds. The second-order valence-corrected chi connectivity index (χ2v) is 9.26. The number of aromatic nitrogens is 2. The first kappa shape index (κ1) is 20.3. The molecule has 0 radical (unpaired) electrons. The summed E-state index contributed by atoms with van der Waals surface area (Å²) in [5, 5.41) is 7.94. The molecular formula is C26H28N4O3. The van der Waals surface area contributed by atoms with Crippen molar-refractivity contribution in [1.29, 1.82) is 0 Å². The van der Waals surface area contributed by atoms with Crippen molar-refractivity contribution >= 4 is 5.91 Å². The lowest BCUT2D eigenvalue weighted by molar-refractivity contribution is 0.0280. The van der Waals surface area contributed by atoms with Crippen molar-refractivity contribution < 1.29 is 14.3 Å². The van der Waals surface area contributed by atoms with Crippen LogP contribution in [0, 0.1) is 5.92 Å². The number of benzene rings is 2. The lowest BCUT2D eigenvalue weighted by atomic mass is 9.74. The second-order valence-electron chi connectivity index (χ2n) is 9.26. The van der Waals surface area contributed by atoms with Crippen molar-refractivity contribution in [3.05, 3.63) is 65.9 Å². The number of amides is 1. The highest BCUT2D eigenvalue weighted by Gasteiger charge is 2.41. The molecule has 4 aliphatic heterocycles. The molecule has 33 heavy (non-hydrogen) atoms. The van der Waals surface area contributed by atoms with Crippen molar-refractivity contribution in [3.8, 4) is 22.8 Å². The Bertz CT molecular complexity index is 1180. The molecule has 0 saturated carbocycles. The first-order chi connectivity index (χ1) is 16.2. The average molecular weight is 445 g/mol. The average Bonchev–Trinajstić information content (AvgIpc) is 3.49. The molecule has 2 bridgehead atoms. The van der Waals surface area contributed by atoms with Gasteiger partial charge in [-0.1, -0.05) is 30.3 Å². The van der Waals surface area contributed by atoms with E-state index in [-0.39, 0.29) is 12.7 Å². The molecule has 3 fully saturated rings. The zero-order valence-corrected chi connectivity index (χ0v) is 18.7. The van der Waals surface area contributed by atoms with Gasteiger partial charge in [0.2, 0.25) is 6.79 Å². The Morgan fingerprint density at radius 1 is 1.12 bits per heavy atom. The number of nitrogens with one attached hydrogen (secondary N) is 1. The fraction of sp³-hybridized carbons (Fsp3) is 0.385. The van der Waals surface area contributed by atoms with E-state index < -0.39 is 0 Å². The summed E-state index contributed by atoms with van der Waals surface area (Å²) < 4.78 is 12.8. The number of carbonyl (C=O) groups is 1. The summed E-state index contributed by atoms with van der Waals surface area (Å²) >= 11 is 0. The van der Waals surface area contributed by atoms with Gasteiger partial charge in [-0.2, -0.15) is 5.10 Å². The molecule has 4 aliphatic rings. The van der Waals surface area contributed by atoms with Crippen molar-refractivity contribution in [3.63, 3.8) is 0 Å². The highest BCUT2D eigenvalue weighted by atomic mass is 16.7. The van der Waals surface area contributed by atoms with Crippen LogP contribution in [-0.2, 0) is 7.05 Å². The molecule has 5 heterocycles. The zero-order chi connectivity index (χ0) is 22.4. The summed E-state index contributed by atoms with van der Waals surface area (Å²) in [5.74, 6) is 2.36. The summed E-state index contributed by atoms with van der Waals surface area (Å²) in [6.45, 7) is 2.98. The highest BCUT2D eigenvalue weighted by Crippen LogP contribution is 2.42. The molecule has 7 heteroatoms. The number of nitrogens with zero attached hydrogens (tertiary/aromatic N) is 3. The maximum absolute atomic E-state index is 12.7. The van der Waals surface area contributed by atoms with Crippen LogP contribution in [0.1, 0.15) is 34.8 Å². The minimum atomic E-state index is -0.0633. The third-order valence-corrected chi connectivity index (χ3v) is 7.38. The van der Waals surface area contributed by atoms with Gasteiger partial charge in [0.1, 0.15) is 0 Å². The quantitative estimate of drug-likeness (QED) is 0.653. The molecule has 2 aromatic carbocycles. The zero-order valence-electron chi connectivity index (χ0n) is 18.7. The Balaban J connectivity index is 1.11. The number of fused-ring (bicyclic) bond motifs is 4. The predicted molar refractivity (Wildman–Crippen MR) is 124 cm³/mol. The van der Waals surface area contributed by atoms with Crippen LogP contribution in [0.25, 0.3) is 11.3 Å². The molecule has 7 nitrogen and oxygen atoms in total. The standard InChI is InChI=1S/C26H28N4O3/c1-29-23(13-22(28-29)17-5-3-2-4-6-17)21-15-30-10-9-18(21)11-20(30)14-27-26(31)19-7-8-24-25(12-19)33-16-32-24/h2-8,12-13,18,20-21H,9-11,14-16H2,1H3,(H,27,31)/t18-,20+,21-/m0/s1. The van der Waals surface area contributed by atoms with E-state index in [4.69, 9.17) is 14.6 Å². The molecule has 4 atom stereocenters. The Hall–Kier alpha value is -3.32. The van der Waals surface area contributed by atoms with E-state index in [9.17, 15) is 4.79 Å². The minimum absolute atomic E-state index is 0.0633. The molecule has 1 N–H and O–H groups in total. The van der Waals surface area contributed by atoms with E-state index in [0.717, 1.165) is 30.8 Å². The van der Waals surface area contributed by atoms with Crippen LogP contribution >= 0.6 is 0 Å². The number of hydrogen-bond acceptors (Lipinski definition) is 5. The van der Waals surface area contributed by atoms with Crippen LogP contribution in [0.15, 0.2) is 54.6 Å². The van der Waals surface area contributed by atoms with Crippen LogP contribution in [0.5, 0.6) is 11.5 Å². The first-order valence-corrected chi connectivity index (χ1v) is 11.7. The lowest BCUT2D eigenvalue weighted by Crippen LogP contribution is -2.56. The van der Waals surface area contributed by atoms with Crippen molar-refractivity contribution in [2.24, 2.45) is 13.0 Å². The predicted octanol–water partition coefficient (Wildman–Crippen LogP) is 3.42. The summed E-state index contributed by atoms with van der Waals surface area (Å²) in [5.41, 5.74) is 4.12. The largest absolute Gasteiger partial charge is 0.454 e. The van der Waals surface area contributed by atoms with Gasteiger partial charge in [0.05, 0.1) is 5.69 Å². The summed E-state index contributed by atoms with van der Waals surface area (Å²) in [4.78, 5) is 15.3. The van der Waals surface area contributed by atoms with E-state index in [1.165, 1.54) is 12.1 Å². The van der Waals surface area contributed by atoms with Gasteiger partial charge in [0, 0.05) is 48.9 Å². The van der Waals surface area contributed by atoms with Crippen LogP contribution in [0.2, 0.25) is 0 Å². The van der Waals surface area contributed by atoms with Gasteiger partial charge in [-0.15, -0.1) is 0 Å². The van der Waals surface area contributed by atoms with Gasteiger partial charge < -0.3 is 14.8 Å². The van der Waals surface area contributed by atoms with Gasteiger partial charge in [-0.05, 0) is 49.6 Å². The minimum Gasteiger partial charge on any atom is -0.454 e. The van der Waals surface area contributed by atoms with E-state index in [1.54, 1.807) is 18.2 Å². The van der Waals surface area contributed by atoms with Crippen LogP contribution < -0.4 is 14.8 Å². The number of ether oxygens (including phenoxy) is 2. The van der Waals surface area contributed by atoms with E-state index in [2.05, 4.69) is 52.3 Å². The Morgan fingerprint density at radius 3 is 2.79 bits per heavy atom. The number of hydrogen-bond donors (Lipinski definition) is 1. The first-order valence-electron chi connectivity index (χ1n) is 11.7. The third kappa shape index (κ3) is 3.76. The highest BCUT2D eigenvalue weighted by molar-refractivity contribution is 5.95. The van der Waals surface area contributed by atoms with Crippen molar-refractivity contribution in [2.75, 3.05) is 26.4 Å². The van der Waals surface area contributed by atoms with Crippen LogP contribution in [-0.4, -0.2) is 53.1 Å². The fourth-order valence-electron chi connectivity index (χ4n) is 5.61. The van der Waals surface area contributed by atoms with E-state index in [0.29, 0.717) is 41.5 Å². The molecule has 1 aromatic heterocycles.